The largest absolute Gasteiger partial charge is 0.305 e. The molecule has 4 heteroatoms. The highest BCUT2D eigenvalue weighted by molar-refractivity contribution is 7.03. The van der Waals surface area contributed by atoms with Gasteiger partial charge < -0.3 is 5.32 Å². The van der Waals surface area contributed by atoms with Gasteiger partial charge in [0.15, 0.2) is 0 Å². The van der Waals surface area contributed by atoms with Crippen LogP contribution in [0.1, 0.15) is 49.6 Å². The molecule has 1 unspecified atom stereocenters. The fourth-order valence-corrected chi connectivity index (χ4v) is 2.45. The molecule has 0 amide bonds. The minimum absolute atomic E-state index is 0.148. The van der Waals surface area contributed by atoms with Crippen molar-refractivity contribution in [2.75, 3.05) is 6.54 Å². The summed E-state index contributed by atoms with van der Waals surface area (Å²) in [5.41, 5.74) is 3.61. The standard InChI is InChI=1S/C14H19N3S/c1-4-15-14(13-9-18-17-16-13)12-7-5-11(6-8-12)10(2)3/h5-10,14-15H,4H2,1-3H3. The Kier molecular flexibility index (Phi) is 4.44. The van der Waals surface area contributed by atoms with Gasteiger partial charge in [-0.15, -0.1) is 5.10 Å². The van der Waals surface area contributed by atoms with Crippen LogP contribution in [0, 0.1) is 0 Å². The smallest absolute Gasteiger partial charge is 0.0970 e. The van der Waals surface area contributed by atoms with Gasteiger partial charge >= 0.3 is 0 Å². The molecule has 0 aliphatic heterocycles. The van der Waals surface area contributed by atoms with Crippen LogP contribution in [0.2, 0.25) is 0 Å². The molecule has 18 heavy (non-hydrogen) atoms. The number of nitrogens with zero attached hydrogens (tertiary/aromatic N) is 2. The molecule has 0 spiro atoms. The molecule has 2 aromatic rings. The second-order valence-electron chi connectivity index (χ2n) is 4.64. The van der Waals surface area contributed by atoms with Gasteiger partial charge in [0.2, 0.25) is 0 Å². The summed E-state index contributed by atoms with van der Waals surface area (Å²) in [6, 6.07) is 8.91. The predicted octanol–water partition coefficient (Wildman–Crippen LogP) is 3.36. The molecular formula is C14H19N3S. The highest BCUT2D eigenvalue weighted by Gasteiger charge is 2.15. The third kappa shape index (κ3) is 2.94. The molecule has 0 bridgehead atoms. The highest BCUT2D eigenvalue weighted by Crippen LogP contribution is 2.23. The van der Waals surface area contributed by atoms with E-state index in [1.807, 2.05) is 5.38 Å². The molecule has 96 valence electrons. The number of hydrogen-bond acceptors (Lipinski definition) is 4. The van der Waals surface area contributed by atoms with Crippen LogP contribution >= 0.6 is 11.5 Å². The van der Waals surface area contributed by atoms with Crippen molar-refractivity contribution in [1.29, 1.82) is 0 Å². The first-order valence-corrected chi connectivity index (χ1v) is 7.16. The predicted molar refractivity (Wildman–Crippen MR) is 76.0 cm³/mol. The molecule has 1 N–H and O–H groups in total. The van der Waals surface area contributed by atoms with Crippen molar-refractivity contribution in [3.8, 4) is 0 Å². The molecule has 2 rings (SSSR count). The van der Waals surface area contributed by atoms with E-state index in [-0.39, 0.29) is 6.04 Å². The summed E-state index contributed by atoms with van der Waals surface area (Å²) in [6.45, 7) is 7.44. The highest BCUT2D eigenvalue weighted by atomic mass is 32.1. The zero-order valence-corrected chi connectivity index (χ0v) is 11.9. The molecule has 0 saturated carbocycles. The Morgan fingerprint density at radius 3 is 2.33 bits per heavy atom. The number of benzene rings is 1. The lowest BCUT2D eigenvalue weighted by molar-refractivity contribution is 0.613. The van der Waals surface area contributed by atoms with E-state index >= 15 is 0 Å². The summed E-state index contributed by atoms with van der Waals surface area (Å²) in [7, 11) is 0. The van der Waals surface area contributed by atoms with Gasteiger partial charge in [-0.2, -0.15) is 0 Å². The number of hydrogen-bond donors (Lipinski definition) is 1. The molecule has 1 atom stereocenters. The minimum atomic E-state index is 0.148. The maximum atomic E-state index is 4.18. The summed E-state index contributed by atoms with van der Waals surface area (Å²) in [5, 5.41) is 9.63. The van der Waals surface area contributed by atoms with Gasteiger partial charge in [-0.25, -0.2) is 0 Å². The quantitative estimate of drug-likeness (QED) is 0.897. The SMILES string of the molecule is CCNC(c1ccc(C(C)C)cc1)c1csnn1. The van der Waals surface area contributed by atoms with Crippen LogP contribution in [0.4, 0.5) is 0 Å². The number of nitrogens with one attached hydrogen (secondary N) is 1. The Hall–Kier alpha value is -1.26. The zero-order chi connectivity index (χ0) is 13.0. The Morgan fingerprint density at radius 2 is 1.83 bits per heavy atom. The minimum Gasteiger partial charge on any atom is -0.305 e. The fourth-order valence-electron chi connectivity index (χ4n) is 1.97. The number of aromatic nitrogens is 2. The summed E-state index contributed by atoms with van der Waals surface area (Å²) < 4.78 is 3.95. The average molecular weight is 261 g/mol. The van der Waals surface area contributed by atoms with Crippen LogP contribution in [-0.4, -0.2) is 16.1 Å². The number of rotatable bonds is 5. The van der Waals surface area contributed by atoms with E-state index < -0.39 is 0 Å². The summed E-state index contributed by atoms with van der Waals surface area (Å²) in [6.07, 6.45) is 0. The Bertz CT molecular complexity index is 462. The van der Waals surface area contributed by atoms with E-state index in [4.69, 9.17) is 0 Å². The maximum Gasteiger partial charge on any atom is 0.0970 e. The second-order valence-corrected chi connectivity index (χ2v) is 5.25. The van der Waals surface area contributed by atoms with Crippen molar-refractivity contribution >= 4 is 11.5 Å². The monoisotopic (exact) mass is 261 g/mol. The first-order valence-electron chi connectivity index (χ1n) is 6.32. The van der Waals surface area contributed by atoms with E-state index in [0.29, 0.717) is 5.92 Å². The van der Waals surface area contributed by atoms with Crippen molar-refractivity contribution in [1.82, 2.24) is 14.9 Å². The normalized spacial score (nSPS) is 12.9. The maximum absolute atomic E-state index is 4.18. The van der Waals surface area contributed by atoms with Gasteiger partial charge in [-0.3, -0.25) is 0 Å². The molecule has 0 fully saturated rings. The van der Waals surface area contributed by atoms with Gasteiger partial charge in [0.1, 0.15) is 0 Å². The van der Waals surface area contributed by atoms with E-state index in [1.54, 1.807) is 0 Å². The van der Waals surface area contributed by atoms with Crippen LogP contribution in [0.25, 0.3) is 0 Å². The van der Waals surface area contributed by atoms with Crippen LogP contribution < -0.4 is 5.32 Å². The lowest BCUT2D eigenvalue weighted by Crippen LogP contribution is -2.22. The summed E-state index contributed by atoms with van der Waals surface area (Å²) >= 11 is 1.40. The van der Waals surface area contributed by atoms with Crippen LogP contribution in [-0.2, 0) is 0 Å². The van der Waals surface area contributed by atoms with Gasteiger partial charge in [0.25, 0.3) is 0 Å². The lowest BCUT2D eigenvalue weighted by Gasteiger charge is -2.16. The van der Waals surface area contributed by atoms with E-state index in [2.05, 4.69) is 59.9 Å². The molecule has 1 heterocycles. The van der Waals surface area contributed by atoms with Crippen LogP contribution in [0.3, 0.4) is 0 Å². The van der Waals surface area contributed by atoms with Gasteiger partial charge in [0.05, 0.1) is 11.7 Å². The van der Waals surface area contributed by atoms with Crippen molar-refractivity contribution in [2.45, 2.75) is 32.7 Å². The van der Waals surface area contributed by atoms with Gasteiger partial charge in [-0.1, -0.05) is 49.5 Å². The van der Waals surface area contributed by atoms with Gasteiger partial charge in [0, 0.05) is 5.38 Å². The van der Waals surface area contributed by atoms with Gasteiger partial charge in [-0.05, 0) is 35.1 Å². The molecule has 1 aromatic heterocycles. The first kappa shape index (κ1) is 13.2. The first-order chi connectivity index (χ1) is 8.72. The van der Waals surface area contributed by atoms with Crippen molar-refractivity contribution in [3.63, 3.8) is 0 Å². The Labute approximate surface area is 112 Å². The molecule has 1 aromatic carbocycles. The van der Waals surface area contributed by atoms with Crippen LogP contribution in [0.5, 0.6) is 0 Å². The summed E-state index contributed by atoms with van der Waals surface area (Å²) in [4.78, 5) is 0. The third-order valence-corrected chi connectivity index (χ3v) is 3.54. The summed E-state index contributed by atoms with van der Waals surface area (Å²) in [5.74, 6) is 0.567. The van der Waals surface area contributed by atoms with Crippen LogP contribution in [0.15, 0.2) is 29.6 Å². The lowest BCUT2D eigenvalue weighted by atomic mass is 9.98. The van der Waals surface area contributed by atoms with Crippen molar-refractivity contribution in [3.05, 3.63) is 46.5 Å². The third-order valence-electron chi connectivity index (χ3n) is 3.02. The van der Waals surface area contributed by atoms with Crippen molar-refractivity contribution < 1.29 is 0 Å². The molecule has 0 radical (unpaired) electrons. The fraction of sp³-hybridized carbons (Fsp3) is 0.429. The van der Waals surface area contributed by atoms with E-state index in [1.165, 1.54) is 22.7 Å². The van der Waals surface area contributed by atoms with Crippen molar-refractivity contribution in [2.24, 2.45) is 0 Å². The topological polar surface area (TPSA) is 37.8 Å². The molecule has 3 nitrogen and oxygen atoms in total. The van der Waals surface area contributed by atoms with E-state index in [0.717, 1.165) is 12.2 Å². The molecule has 0 saturated heterocycles. The molecular weight excluding hydrogens is 242 g/mol. The average Bonchev–Trinajstić information content (AvgIpc) is 2.90. The molecule has 0 aliphatic carbocycles. The Balaban J connectivity index is 2.26. The van der Waals surface area contributed by atoms with E-state index in [9.17, 15) is 0 Å². The zero-order valence-electron chi connectivity index (χ0n) is 11.1. The molecule has 0 aliphatic rings. The second kappa shape index (κ2) is 6.07. The Morgan fingerprint density at radius 1 is 1.17 bits per heavy atom.